The van der Waals surface area contributed by atoms with Gasteiger partial charge in [0.05, 0.1) is 0 Å². The molecule has 0 aromatic heterocycles. The zero-order valence-corrected chi connectivity index (χ0v) is 10.4. The molecule has 0 aromatic rings. The van der Waals surface area contributed by atoms with Crippen LogP contribution in [0, 0.1) is 17.8 Å². The molecule has 0 bridgehead atoms. The highest BCUT2D eigenvalue weighted by Crippen LogP contribution is 2.26. The molecule has 1 heteroatoms. The maximum atomic E-state index is 5.20. The molecule has 1 N–H and O–H groups in total. The molecule has 14 heavy (non-hydrogen) atoms. The molecule has 0 aliphatic heterocycles. The third kappa shape index (κ3) is 8.13. The van der Waals surface area contributed by atoms with Crippen LogP contribution in [0.1, 0.15) is 53.9 Å². The van der Waals surface area contributed by atoms with Crippen LogP contribution in [0.3, 0.4) is 0 Å². The van der Waals surface area contributed by atoms with E-state index in [0.29, 0.717) is 5.41 Å². The van der Waals surface area contributed by atoms with E-state index in [9.17, 15) is 0 Å². The van der Waals surface area contributed by atoms with Crippen molar-refractivity contribution in [1.82, 2.24) is 5.32 Å². The SMILES string of the molecule is C#CCCCNC(C)(C)CC(C)(C)C. The van der Waals surface area contributed by atoms with Crippen LogP contribution in [0.4, 0.5) is 0 Å². The van der Waals surface area contributed by atoms with Crippen LogP contribution in [0.5, 0.6) is 0 Å². The molecule has 0 atom stereocenters. The normalized spacial score (nSPS) is 12.6. The van der Waals surface area contributed by atoms with Gasteiger partial charge in [0.2, 0.25) is 0 Å². The van der Waals surface area contributed by atoms with E-state index in [2.05, 4.69) is 45.9 Å². The van der Waals surface area contributed by atoms with Gasteiger partial charge in [0.25, 0.3) is 0 Å². The summed E-state index contributed by atoms with van der Waals surface area (Å²) in [5.41, 5.74) is 0.593. The molecule has 0 saturated heterocycles. The zero-order valence-electron chi connectivity index (χ0n) is 10.4. The van der Waals surface area contributed by atoms with E-state index in [4.69, 9.17) is 6.42 Å². The Hall–Kier alpha value is -0.480. The summed E-state index contributed by atoms with van der Waals surface area (Å²) in [6, 6.07) is 0. The summed E-state index contributed by atoms with van der Waals surface area (Å²) in [5, 5.41) is 3.55. The largest absolute Gasteiger partial charge is 0.312 e. The van der Waals surface area contributed by atoms with Crippen molar-refractivity contribution in [2.24, 2.45) is 5.41 Å². The molecule has 0 spiro atoms. The molecule has 0 unspecified atom stereocenters. The Balaban J connectivity index is 3.79. The molecule has 0 aromatic carbocycles. The van der Waals surface area contributed by atoms with Crippen LogP contribution < -0.4 is 5.32 Å². The Morgan fingerprint density at radius 3 is 2.14 bits per heavy atom. The summed E-state index contributed by atoms with van der Waals surface area (Å²) >= 11 is 0. The molecular weight excluding hydrogens is 170 g/mol. The van der Waals surface area contributed by atoms with E-state index < -0.39 is 0 Å². The lowest BCUT2D eigenvalue weighted by atomic mass is 9.82. The number of terminal acetylenes is 1. The first-order chi connectivity index (χ1) is 6.27. The van der Waals surface area contributed by atoms with Crippen LogP contribution in [-0.2, 0) is 0 Å². The van der Waals surface area contributed by atoms with E-state index >= 15 is 0 Å². The number of hydrogen-bond acceptors (Lipinski definition) is 1. The second-order valence-electron chi connectivity index (χ2n) is 5.86. The summed E-state index contributed by atoms with van der Waals surface area (Å²) in [5.74, 6) is 2.66. The molecule has 82 valence electrons. The van der Waals surface area contributed by atoms with Crippen LogP contribution in [0.25, 0.3) is 0 Å². The Kier molecular flexibility index (Phi) is 5.23. The average Bonchev–Trinajstić information content (AvgIpc) is 1.93. The first-order valence-electron chi connectivity index (χ1n) is 5.45. The van der Waals surface area contributed by atoms with E-state index in [0.717, 1.165) is 19.4 Å². The van der Waals surface area contributed by atoms with Gasteiger partial charge in [0, 0.05) is 12.0 Å². The van der Waals surface area contributed by atoms with E-state index in [1.165, 1.54) is 6.42 Å². The summed E-state index contributed by atoms with van der Waals surface area (Å²) in [6.07, 6.45) is 8.33. The predicted molar refractivity (Wildman–Crippen MR) is 64.2 cm³/mol. The molecule has 0 aliphatic rings. The van der Waals surface area contributed by atoms with Crippen LogP contribution in [0.15, 0.2) is 0 Å². The topological polar surface area (TPSA) is 12.0 Å². The van der Waals surface area contributed by atoms with Crippen molar-refractivity contribution < 1.29 is 0 Å². The van der Waals surface area contributed by atoms with Gasteiger partial charge in [-0.1, -0.05) is 20.8 Å². The predicted octanol–water partition coefficient (Wildman–Crippen LogP) is 3.20. The minimum atomic E-state index is 0.215. The van der Waals surface area contributed by atoms with Crippen molar-refractivity contribution in [3.8, 4) is 12.3 Å². The van der Waals surface area contributed by atoms with Crippen LogP contribution in [0.2, 0.25) is 0 Å². The Bertz CT molecular complexity index is 190. The summed E-state index contributed by atoms with van der Waals surface area (Å²) < 4.78 is 0. The van der Waals surface area contributed by atoms with Gasteiger partial charge in [-0.3, -0.25) is 0 Å². The summed E-state index contributed by atoms with van der Waals surface area (Å²) in [6.45, 7) is 12.4. The van der Waals surface area contributed by atoms with Crippen molar-refractivity contribution in [2.75, 3.05) is 6.54 Å². The third-order valence-corrected chi connectivity index (χ3v) is 2.07. The van der Waals surface area contributed by atoms with Gasteiger partial charge in [-0.05, 0) is 38.6 Å². The van der Waals surface area contributed by atoms with Crippen molar-refractivity contribution in [3.63, 3.8) is 0 Å². The van der Waals surface area contributed by atoms with Crippen molar-refractivity contribution in [1.29, 1.82) is 0 Å². The minimum absolute atomic E-state index is 0.215. The summed E-state index contributed by atoms with van der Waals surface area (Å²) in [4.78, 5) is 0. The molecule has 0 saturated carbocycles. The lowest BCUT2D eigenvalue weighted by molar-refractivity contribution is 0.242. The fourth-order valence-corrected chi connectivity index (χ4v) is 2.01. The lowest BCUT2D eigenvalue weighted by Crippen LogP contribution is -2.42. The van der Waals surface area contributed by atoms with Crippen LogP contribution in [-0.4, -0.2) is 12.1 Å². The van der Waals surface area contributed by atoms with Crippen LogP contribution >= 0.6 is 0 Å². The monoisotopic (exact) mass is 195 g/mol. The Morgan fingerprint density at radius 2 is 1.71 bits per heavy atom. The molecule has 0 amide bonds. The zero-order chi connectivity index (χ0) is 11.2. The quantitative estimate of drug-likeness (QED) is 0.525. The van der Waals surface area contributed by atoms with Gasteiger partial charge in [-0.2, -0.15) is 0 Å². The van der Waals surface area contributed by atoms with Gasteiger partial charge in [0.1, 0.15) is 0 Å². The van der Waals surface area contributed by atoms with Gasteiger partial charge in [0.15, 0.2) is 0 Å². The molecule has 0 rings (SSSR count). The highest BCUT2D eigenvalue weighted by Gasteiger charge is 2.24. The fraction of sp³-hybridized carbons (Fsp3) is 0.846. The maximum Gasteiger partial charge on any atom is 0.0130 e. The standard InChI is InChI=1S/C13H25N/c1-7-8-9-10-14-13(5,6)11-12(2,3)4/h1,14H,8-11H2,2-6H3. The maximum absolute atomic E-state index is 5.20. The second-order valence-corrected chi connectivity index (χ2v) is 5.86. The van der Waals surface area contributed by atoms with Gasteiger partial charge in [-0.15, -0.1) is 12.3 Å². The first-order valence-corrected chi connectivity index (χ1v) is 5.45. The van der Waals surface area contributed by atoms with E-state index in [1.54, 1.807) is 0 Å². The number of rotatable bonds is 5. The Morgan fingerprint density at radius 1 is 1.14 bits per heavy atom. The average molecular weight is 195 g/mol. The third-order valence-electron chi connectivity index (χ3n) is 2.07. The van der Waals surface area contributed by atoms with Crippen molar-refractivity contribution in [3.05, 3.63) is 0 Å². The van der Waals surface area contributed by atoms with E-state index in [-0.39, 0.29) is 5.54 Å². The van der Waals surface area contributed by atoms with Crippen molar-refractivity contribution in [2.45, 2.75) is 59.4 Å². The summed E-state index contributed by atoms with van der Waals surface area (Å²) in [7, 11) is 0. The molecular formula is C13H25N. The lowest BCUT2D eigenvalue weighted by Gasteiger charge is -2.33. The highest BCUT2D eigenvalue weighted by atomic mass is 14.9. The Labute approximate surface area is 89.7 Å². The van der Waals surface area contributed by atoms with Gasteiger partial charge in [-0.25, -0.2) is 0 Å². The molecule has 0 aliphatic carbocycles. The molecule has 0 heterocycles. The van der Waals surface area contributed by atoms with Gasteiger partial charge >= 0.3 is 0 Å². The minimum Gasteiger partial charge on any atom is -0.312 e. The smallest absolute Gasteiger partial charge is 0.0130 e. The van der Waals surface area contributed by atoms with Crippen molar-refractivity contribution >= 4 is 0 Å². The fourth-order valence-electron chi connectivity index (χ4n) is 2.01. The van der Waals surface area contributed by atoms with Gasteiger partial charge < -0.3 is 5.32 Å². The first kappa shape index (κ1) is 13.5. The molecule has 0 fully saturated rings. The number of unbranched alkanes of at least 4 members (excludes halogenated alkanes) is 1. The molecule has 0 radical (unpaired) electrons. The number of nitrogens with one attached hydrogen (secondary N) is 1. The highest BCUT2D eigenvalue weighted by molar-refractivity contribution is 4.86. The second kappa shape index (κ2) is 5.41. The number of hydrogen-bond donors (Lipinski definition) is 1. The molecule has 1 nitrogen and oxygen atoms in total. The van der Waals surface area contributed by atoms with E-state index in [1.807, 2.05) is 0 Å².